The fourth-order valence-electron chi connectivity index (χ4n) is 7.23. The number of carboxylic acid groups (broad SMARTS) is 1. The van der Waals surface area contributed by atoms with Crippen LogP contribution in [0.15, 0.2) is 21.8 Å². The molecule has 0 radical (unpaired) electrons. The Labute approximate surface area is 238 Å². The summed E-state index contributed by atoms with van der Waals surface area (Å²) in [7, 11) is 1.71. The maximum absolute atomic E-state index is 13.3. The maximum Gasteiger partial charge on any atom is 0.409 e. The molecule has 2 rings (SSSR count). The summed E-state index contributed by atoms with van der Waals surface area (Å²) in [5, 5.41) is 12.3. The molecule has 40 heavy (non-hydrogen) atoms. The number of carbonyl (C=O) groups excluding carboxylic acids is 3. The number of isocyanates is 2. The van der Waals surface area contributed by atoms with E-state index < -0.39 is 28.6 Å². The fraction of sp³-hybridized carbons (Fsp3) is 0.800. The quantitative estimate of drug-likeness (QED) is 0.254. The van der Waals surface area contributed by atoms with Crippen molar-refractivity contribution in [3.8, 4) is 0 Å². The predicted molar refractivity (Wildman–Crippen MR) is 152 cm³/mol. The second-order valence-electron chi connectivity index (χ2n) is 14.4. The molecule has 0 spiro atoms. The zero-order valence-corrected chi connectivity index (χ0v) is 25.7. The average Bonchev–Trinajstić information content (AvgIpc) is 2.79. The third-order valence-corrected chi connectivity index (χ3v) is 8.94. The summed E-state index contributed by atoms with van der Waals surface area (Å²) in [4.78, 5) is 56.8. The highest BCUT2D eigenvalue weighted by atomic mass is 16.6. The Hall–Kier alpha value is -2.96. The van der Waals surface area contributed by atoms with Gasteiger partial charge in [0.05, 0.1) is 12.1 Å². The Morgan fingerprint density at radius 3 is 2.02 bits per heavy atom. The minimum absolute atomic E-state index is 0.0439. The van der Waals surface area contributed by atoms with E-state index in [-0.39, 0.29) is 29.5 Å². The van der Waals surface area contributed by atoms with Gasteiger partial charge < -0.3 is 14.7 Å². The van der Waals surface area contributed by atoms with E-state index in [9.17, 15) is 24.3 Å². The molecule has 2 N–H and O–H groups in total. The van der Waals surface area contributed by atoms with Gasteiger partial charge in [-0.1, -0.05) is 54.5 Å². The van der Waals surface area contributed by atoms with Crippen LogP contribution >= 0.6 is 0 Å². The normalized spacial score (nSPS) is 31.0. The summed E-state index contributed by atoms with van der Waals surface area (Å²) in [6, 6.07) is -0.486. The third-order valence-electron chi connectivity index (χ3n) is 8.94. The first-order valence-electron chi connectivity index (χ1n) is 14.1. The van der Waals surface area contributed by atoms with Gasteiger partial charge in [0.15, 0.2) is 0 Å². The van der Waals surface area contributed by atoms with Crippen LogP contribution in [0.2, 0.25) is 0 Å². The molecule has 10 heteroatoms. The summed E-state index contributed by atoms with van der Waals surface area (Å²) >= 11 is 0. The minimum atomic E-state index is -1.18. The molecule has 2 aliphatic rings. The van der Waals surface area contributed by atoms with Gasteiger partial charge >= 0.3 is 12.2 Å². The lowest BCUT2D eigenvalue weighted by molar-refractivity contribution is 0.00807. The van der Waals surface area contributed by atoms with Crippen molar-refractivity contribution >= 4 is 24.3 Å². The molecule has 0 aromatic carbocycles. The van der Waals surface area contributed by atoms with Crippen LogP contribution < -0.4 is 5.32 Å². The first-order chi connectivity index (χ1) is 18.3. The summed E-state index contributed by atoms with van der Waals surface area (Å²) in [5.74, 6) is 0. The van der Waals surface area contributed by atoms with Gasteiger partial charge in [0.1, 0.15) is 6.61 Å². The van der Waals surface area contributed by atoms with E-state index >= 15 is 0 Å². The van der Waals surface area contributed by atoms with Crippen molar-refractivity contribution in [3.63, 3.8) is 0 Å². The molecule has 0 aliphatic heterocycles. The number of aliphatic imine (C=N–C) groups is 2. The van der Waals surface area contributed by atoms with Crippen LogP contribution in [0.1, 0.15) is 100 Å². The van der Waals surface area contributed by atoms with Crippen LogP contribution in [-0.4, -0.2) is 65.6 Å². The van der Waals surface area contributed by atoms with E-state index in [0.717, 1.165) is 12.8 Å². The summed E-state index contributed by atoms with van der Waals surface area (Å²) in [6.07, 6.45) is 8.05. The summed E-state index contributed by atoms with van der Waals surface area (Å²) < 4.78 is 5.86. The molecule has 2 saturated carbocycles. The number of rotatable bonds is 9. The Morgan fingerprint density at radius 1 is 1.00 bits per heavy atom. The molecule has 0 aromatic rings. The van der Waals surface area contributed by atoms with E-state index in [1.165, 1.54) is 0 Å². The second-order valence-corrected chi connectivity index (χ2v) is 14.4. The van der Waals surface area contributed by atoms with Gasteiger partial charge in [-0.3, -0.25) is 5.32 Å². The van der Waals surface area contributed by atoms with Gasteiger partial charge in [0, 0.05) is 29.1 Å². The molecule has 0 aromatic heterocycles. The number of ether oxygens (including phenoxy) is 1. The average molecular weight is 561 g/mol. The first kappa shape index (κ1) is 33.2. The molecule has 2 aliphatic carbocycles. The number of allylic oxidation sites excluding steroid dienone is 1. The number of carbonyl (C=O) groups is 2. The van der Waals surface area contributed by atoms with Crippen LogP contribution in [0.3, 0.4) is 0 Å². The van der Waals surface area contributed by atoms with Crippen molar-refractivity contribution in [2.45, 2.75) is 118 Å². The fourth-order valence-corrected chi connectivity index (χ4v) is 7.23. The summed E-state index contributed by atoms with van der Waals surface area (Å²) in [6.45, 7) is 16.3. The second kappa shape index (κ2) is 12.3. The van der Waals surface area contributed by atoms with E-state index in [0.29, 0.717) is 37.8 Å². The molecule has 2 amide bonds. The van der Waals surface area contributed by atoms with E-state index in [4.69, 9.17) is 4.74 Å². The Balaban J connectivity index is 2.32. The maximum atomic E-state index is 13.3. The molecule has 2 fully saturated rings. The van der Waals surface area contributed by atoms with Gasteiger partial charge in [0.2, 0.25) is 12.2 Å². The molecule has 5 unspecified atom stereocenters. The minimum Gasteiger partial charge on any atom is -0.465 e. The van der Waals surface area contributed by atoms with Gasteiger partial charge in [-0.25, -0.2) is 29.2 Å². The highest BCUT2D eigenvalue weighted by Gasteiger charge is 2.47. The zero-order valence-electron chi connectivity index (χ0n) is 25.7. The van der Waals surface area contributed by atoms with Crippen molar-refractivity contribution in [2.24, 2.45) is 31.6 Å². The van der Waals surface area contributed by atoms with E-state index in [1.54, 1.807) is 24.1 Å². The van der Waals surface area contributed by atoms with E-state index in [1.807, 2.05) is 33.8 Å². The number of hydrogen-bond donors (Lipinski definition) is 2. The lowest BCUT2D eigenvalue weighted by atomic mass is 9.61. The molecule has 0 bridgehead atoms. The van der Waals surface area contributed by atoms with Crippen molar-refractivity contribution in [1.82, 2.24) is 10.2 Å². The lowest BCUT2D eigenvalue weighted by Gasteiger charge is -2.49. The highest BCUT2D eigenvalue weighted by molar-refractivity contribution is 5.69. The third kappa shape index (κ3) is 8.52. The predicted octanol–water partition coefficient (Wildman–Crippen LogP) is 6.22. The van der Waals surface area contributed by atoms with Crippen LogP contribution in [0, 0.1) is 21.7 Å². The van der Waals surface area contributed by atoms with Crippen molar-refractivity contribution < 1.29 is 29.0 Å². The van der Waals surface area contributed by atoms with Gasteiger partial charge in [-0.15, -0.1) is 0 Å². The number of nitrogens with zero attached hydrogens (tertiary/aromatic N) is 3. The number of nitrogens with one attached hydrogen (secondary N) is 1. The van der Waals surface area contributed by atoms with Crippen LogP contribution in [-0.2, 0) is 14.3 Å². The molecule has 0 saturated heterocycles. The Morgan fingerprint density at radius 2 is 1.52 bits per heavy atom. The number of hydrogen-bond acceptors (Lipinski definition) is 7. The van der Waals surface area contributed by atoms with Crippen LogP contribution in [0.4, 0.5) is 9.59 Å². The van der Waals surface area contributed by atoms with Crippen molar-refractivity contribution in [2.75, 3.05) is 13.7 Å². The summed E-state index contributed by atoms with van der Waals surface area (Å²) in [5.41, 5.74) is -1.61. The largest absolute Gasteiger partial charge is 0.465 e. The first-order valence-corrected chi connectivity index (χ1v) is 14.1. The highest BCUT2D eigenvalue weighted by Crippen LogP contribution is 2.51. The lowest BCUT2D eigenvalue weighted by Crippen LogP contribution is -2.55. The topological polar surface area (TPSA) is 138 Å². The zero-order chi connectivity index (χ0) is 30.6. The SMILES string of the molecule is CCC(C)(C=C(NC(=O)O)C1(C)CC(N=C=O)CC(C)(C)C1)COC(=O)N(C)C1(C)CC(N=C=O)CC(C)(C)C1. The smallest absolute Gasteiger partial charge is 0.409 e. The molecular formula is C30H48N4O6. The van der Waals surface area contributed by atoms with Gasteiger partial charge in [0.25, 0.3) is 0 Å². The molecular weight excluding hydrogens is 512 g/mol. The molecule has 224 valence electrons. The molecule has 5 atom stereocenters. The van der Waals surface area contributed by atoms with Crippen molar-refractivity contribution in [3.05, 3.63) is 11.8 Å². The van der Waals surface area contributed by atoms with Crippen LogP contribution in [0.25, 0.3) is 0 Å². The van der Waals surface area contributed by atoms with Gasteiger partial charge in [-0.2, -0.15) is 0 Å². The van der Waals surface area contributed by atoms with E-state index in [2.05, 4.69) is 43.0 Å². The Bertz CT molecular complexity index is 1090. The van der Waals surface area contributed by atoms with Gasteiger partial charge in [-0.05, 0) is 62.7 Å². The molecule has 10 nitrogen and oxygen atoms in total. The number of amides is 2. The monoisotopic (exact) mass is 560 g/mol. The van der Waals surface area contributed by atoms with Crippen LogP contribution in [0.5, 0.6) is 0 Å². The van der Waals surface area contributed by atoms with Crippen molar-refractivity contribution in [1.29, 1.82) is 0 Å². The standard InChI is InChI=1S/C30H48N4O6/c1-10-28(6,15-23(33-24(37)38)29(7)13-21(31-19-35)11-26(2,3)16-29)18-40-25(39)34(9)30(8)14-22(32-20-36)12-27(4,5)17-30/h15,21-22,33H,10-14,16-18H2,1-9H3,(H,37,38). The molecule has 0 heterocycles. The Kier molecular flexibility index (Phi) is 10.2.